The number of hydrogen-bond donors (Lipinski definition) is 0. The van der Waals surface area contributed by atoms with E-state index < -0.39 is 5.41 Å². The van der Waals surface area contributed by atoms with Gasteiger partial charge in [0.2, 0.25) is 0 Å². The standard InChI is InChI=1S/C38H44O2/c1-9-23-40-31-19-13-27(14-20-31)38(26-11-17-30(18-12-26)39-10-2)34-24-28(36(3,4)5)15-21-32(34)33-22-16-29(25-35(33)38)37(6,7)8/h11-22,24-25H,9-10,23H2,1-8H3. The van der Waals surface area contributed by atoms with Crippen LogP contribution in [-0.2, 0) is 16.2 Å². The summed E-state index contributed by atoms with van der Waals surface area (Å²) in [4.78, 5) is 0. The Hall–Kier alpha value is -3.52. The first-order chi connectivity index (χ1) is 19.0. The Labute approximate surface area is 241 Å². The zero-order valence-electron chi connectivity index (χ0n) is 25.5. The predicted octanol–water partition coefficient (Wildman–Crippen LogP) is 9.83. The molecule has 0 saturated heterocycles. The van der Waals surface area contributed by atoms with Crippen LogP contribution in [0.25, 0.3) is 11.1 Å². The van der Waals surface area contributed by atoms with Gasteiger partial charge in [-0.05, 0) is 92.9 Å². The molecular weight excluding hydrogens is 488 g/mol. The summed E-state index contributed by atoms with van der Waals surface area (Å²) in [6.45, 7) is 19.3. The van der Waals surface area contributed by atoms with E-state index in [9.17, 15) is 0 Å². The number of ether oxygens (including phenoxy) is 2. The molecule has 5 rings (SSSR count). The first-order valence-corrected chi connectivity index (χ1v) is 14.8. The van der Waals surface area contributed by atoms with Gasteiger partial charge in [-0.3, -0.25) is 0 Å². The van der Waals surface area contributed by atoms with Crippen molar-refractivity contribution in [2.45, 2.75) is 78.1 Å². The monoisotopic (exact) mass is 532 g/mol. The molecule has 2 heteroatoms. The van der Waals surface area contributed by atoms with Crippen molar-refractivity contribution in [3.05, 3.63) is 118 Å². The molecule has 1 aliphatic carbocycles. The van der Waals surface area contributed by atoms with Crippen LogP contribution >= 0.6 is 0 Å². The summed E-state index contributed by atoms with van der Waals surface area (Å²) in [7, 11) is 0. The van der Waals surface area contributed by atoms with Crippen LogP contribution in [0.2, 0.25) is 0 Å². The molecule has 40 heavy (non-hydrogen) atoms. The van der Waals surface area contributed by atoms with Crippen LogP contribution in [0.1, 0.15) is 95.2 Å². The first kappa shape index (κ1) is 28.0. The minimum atomic E-state index is -0.471. The smallest absolute Gasteiger partial charge is 0.119 e. The van der Waals surface area contributed by atoms with E-state index in [1.54, 1.807) is 0 Å². The van der Waals surface area contributed by atoms with Gasteiger partial charge in [-0.25, -0.2) is 0 Å². The highest BCUT2D eigenvalue weighted by Gasteiger charge is 2.47. The van der Waals surface area contributed by atoms with Crippen molar-refractivity contribution in [2.75, 3.05) is 13.2 Å². The van der Waals surface area contributed by atoms with E-state index in [1.807, 2.05) is 6.92 Å². The van der Waals surface area contributed by atoms with Crippen LogP contribution in [0, 0.1) is 0 Å². The van der Waals surface area contributed by atoms with Gasteiger partial charge in [0.1, 0.15) is 11.5 Å². The van der Waals surface area contributed by atoms with Crippen LogP contribution in [0.3, 0.4) is 0 Å². The molecule has 0 aromatic heterocycles. The molecule has 2 nitrogen and oxygen atoms in total. The van der Waals surface area contributed by atoms with Crippen LogP contribution < -0.4 is 9.47 Å². The molecule has 1 aliphatic rings. The second-order valence-corrected chi connectivity index (χ2v) is 13.1. The average Bonchev–Trinajstić information content (AvgIpc) is 3.22. The third-order valence-corrected chi connectivity index (χ3v) is 8.23. The van der Waals surface area contributed by atoms with E-state index in [0.29, 0.717) is 6.61 Å². The Morgan fingerprint density at radius 1 is 0.550 bits per heavy atom. The molecule has 0 fully saturated rings. The molecular formula is C38H44O2. The van der Waals surface area contributed by atoms with E-state index in [4.69, 9.17) is 9.47 Å². The maximum absolute atomic E-state index is 6.00. The third kappa shape index (κ3) is 4.83. The molecule has 0 spiro atoms. The quantitative estimate of drug-likeness (QED) is 0.208. The largest absolute Gasteiger partial charge is 0.494 e. The highest BCUT2D eigenvalue weighted by atomic mass is 16.5. The summed E-state index contributed by atoms with van der Waals surface area (Å²) in [6, 6.07) is 31.8. The summed E-state index contributed by atoms with van der Waals surface area (Å²) in [5, 5.41) is 0. The predicted molar refractivity (Wildman–Crippen MR) is 168 cm³/mol. The Morgan fingerprint density at radius 3 is 1.35 bits per heavy atom. The van der Waals surface area contributed by atoms with Crippen molar-refractivity contribution in [3.63, 3.8) is 0 Å². The van der Waals surface area contributed by atoms with Gasteiger partial charge in [-0.1, -0.05) is 109 Å². The van der Waals surface area contributed by atoms with Gasteiger partial charge >= 0.3 is 0 Å². The molecule has 0 radical (unpaired) electrons. The molecule has 0 amide bonds. The van der Waals surface area contributed by atoms with E-state index >= 15 is 0 Å². The van der Waals surface area contributed by atoms with Gasteiger partial charge in [-0.15, -0.1) is 0 Å². The van der Waals surface area contributed by atoms with Crippen LogP contribution in [0.4, 0.5) is 0 Å². The van der Waals surface area contributed by atoms with E-state index in [2.05, 4.69) is 133 Å². The lowest BCUT2D eigenvalue weighted by Crippen LogP contribution is -2.29. The Bertz CT molecular complexity index is 1420. The molecule has 208 valence electrons. The number of hydrogen-bond acceptors (Lipinski definition) is 2. The molecule has 0 saturated carbocycles. The van der Waals surface area contributed by atoms with Gasteiger partial charge in [0.05, 0.1) is 18.6 Å². The zero-order chi connectivity index (χ0) is 28.7. The molecule has 0 N–H and O–H groups in total. The summed E-state index contributed by atoms with van der Waals surface area (Å²) < 4.78 is 11.9. The highest BCUT2D eigenvalue weighted by molar-refractivity contribution is 5.87. The Balaban J connectivity index is 1.87. The number of fused-ring (bicyclic) bond motifs is 3. The minimum Gasteiger partial charge on any atom is -0.494 e. The second-order valence-electron chi connectivity index (χ2n) is 13.1. The Morgan fingerprint density at radius 2 is 0.975 bits per heavy atom. The minimum absolute atomic E-state index is 0.0305. The summed E-state index contributed by atoms with van der Waals surface area (Å²) in [5.74, 6) is 1.81. The highest BCUT2D eigenvalue weighted by Crippen LogP contribution is 2.57. The van der Waals surface area contributed by atoms with Gasteiger partial charge in [-0.2, -0.15) is 0 Å². The molecule has 0 aliphatic heterocycles. The average molecular weight is 533 g/mol. The fourth-order valence-corrected chi connectivity index (χ4v) is 6.03. The van der Waals surface area contributed by atoms with Gasteiger partial charge in [0, 0.05) is 0 Å². The van der Waals surface area contributed by atoms with Crippen molar-refractivity contribution < 1.29 is 9.47 Å². The molecule has 0 heterocycles. The molecule has 4 aromatic carbocycles. The lowest BCUT2D eigenvalue weighted by molar-refractivity contribution is 0.317. The topological polar surface area (TPSA) is 18.5 Å². The van der Waals surface area contributed by atoms with Crippen LogP contribution in [-0.4, -0.2) is 13.2 Å². The molecule has 0 bridgehead atoms. The number of rotatable bonds is 7. The van der Waals surface area contributed by atoms with Crippen LogP contribution in [0.15, 0.2) is 84.9 Å². The molecule has 0 atom stereocenters. The van der Waals surface area contributed by atoms with E-state index in [1.165, 1.54) is 44.5 Å². The molecule has 4 aromatic rings. The van der Waals surface area contributed by atoms with Gasteiger partial charge in [0.15, 0.2) is 0 Å². The van der Waals surface area contributed by atoms with Gasteiger partial charge in [0.25, 0.3) is 0 Å². The second kappa shape index (κ2) is 10.5. The van der Waals surface area contributed by atoms with Crippen molar-refractivity contribution in [1.29, 1.82) is 0 Å². The van der Waals surface area contributed by atoms with Gasteiger partial charge < -0.3 is 9.47 Å². The molecule has 0 unspecified atom stereocenters. The van der Waals surface area contributed by atoms with E-state index in [0.717, 1.165) is 24.5 Å². The lowest BCUT2D eigenvalue weighted by Gasteiger charge is -2.35. The van der Waals surface area contributed by atoms with Crippen LogP contribution in [0.5, 0.6) is 11.5 Å². The third-order valence-electron chi connectivity index (χ3n) is 8.23. The normalized spacial score (nSPS) is 14.0. The van der Waals surface area contributed by atoms with Crippen molar-refractivity contribution in [3.8, 4) is 22.6 Å². The van der Waals surface area contributed by atoms with Crippen molar-refractivity contribution in [2.24, 2.45) is 0 Å². The van der Waals surface area contributed by atoms with E-state index in [-0.39, 0.29) is 10.8 Å². The summed E-state index contributed by atoms with van der Waals surface area (Å²) in [6.07, 6.45) is 0.990. The fraction of sp³-hybridized carbons (Fsp3) is 0.368. The maximum Gasteiger partial charge on any atom is 0.119 e. The fourth-order valence-electron chi connectivity index (χ4n) is 6.03. The SMILES string of the molecule is CCCOc1ccc(C2(c3ccc(OCC)cc3)c3cc(C(C)(C)C)ccc3-c3ccc(C(C)(C)C)cc32)cc1. The van der Waals surface area contributed by atoms with Crippen molar-refractivity contribution >= 4 is 0 Å². The number of benzene rings is 4. The maximum atomic E-state index is 6.00. The van der Waals surface area contributed by atoms with Crippen molar-refractivity contribution in [1.82, 2.24) is 0 Å². The first-order valence-electron chi connectivity index (χ1n) is 14.8. The zero-order valence-corrected chi connectivity index (χ0v) is 25.5. The summed E-state index contributed by atoms with van der Waals surface area (Å²) >= 11 is 0. The summed E-state index contributed by atoms with van der Waals surface area (Å²) in [5.41, 5.74) is 10.1. The lowest BCUT2D eigenvalue weighted by atomic mass is 9.66. The Kier molecular flexibility index (Phi) is 7.33.